The number of amides is 1. The summed E-state index contributed by atoms with van der Waals surface area (Å²) in [7, 11) is -1.99. The van der Waals surface area contributed by atoms with Gasteiger partial charge in [0.2, 0.25) is 15.9 Å². The third-order valence-electron chi connectivity index (χ3n) is 4.81. The van der Waals surface area contributed by atoms with Crippen LogP contribution in [0.15, 0.2) is 39.1 Å². The van der Waals surface area contributed by atoms with Crippen molar-refractivity contribution < 1.29 is 13.2 Å². The average molecular weight is 453 g/mol. The fourth-order valence-electron chi connectivity index (χ4n) is 2.73. The van der Waals surface area contributed by atoms with Crippen LogP contribution in [0, 0.1) is 6.92 Å². The summed E-state index contributed by atoms with van der Waals surface area (Å²) in [6, 6.07) is 6.30. The van der Waals surface area contributed by atoms with Crippen LogP contribution >= 0.6 is 11.8 Å². The van der Waals surface area contributed by atoms with Gasteiger partial charge in [-0.05, 0) is 51.1 Å². The van der Waals surface area contributed by atoms with E-state index in [0.29, 0.717) is 22.8 Å². The number of thioether (sulfide) groups is 1. The van der Waals surface area contributed by atoms with Gasteiger partial charge in [0.15, 0.2) is 5.16 Å². The quantitative estimate of drug-likeness (QED) is 0.445. The van der Waals surface area contributed by atoms with Gasteiger partial charge >= 0.3 is 0 Å². The number of carbonyl (C=O) groups excluding carboxylic acids is 1. The van der Waals surface area contributed by atoms with Gasteiger partial charge in [-0.25, -0.2) is 13.4 Å². The molecule has 1 amide bonds. The summed E-state index contributed by atoms with van der Waals surface area (Å²) in [6.45, 7) is 5.65. The molecule has 8 nitrogen and oxygen atoms in total. The number of hydrogen-bond donors (Lipinski definition) is 2. The normalized spacial score (nSPS) is 11.8. The summed E-state index contributed by atoms with van der Waals surface area (Å²) in [6.07, 6.45) is 2.29. The number of carbonyl (C=O) groups is 1. The standard InChI is InChI=1S/C20H28N4O4S2/c1-13(2)24(4)30(27,28)16-8-6-15(7-9-16)12-21-18(25)11-10-17-14(3)22-20(29-5)23-19(17)26/h6-9,13H,10-12H2,1-5H3,(H,21,25)(H,22,23,26). The van der Waals surface area contributed by atoms with Crippen molar-refractivity contribution in [2.75, 3.05) is 13.3 Å². The van der Waals surface area contributed by atoms with E-state index in [1.165, 1.54) is 28.2 Å². The van der Waals surface area contributed by atoms with Crippen LogP contribution < -0.4 is 10.9 Å². The lowest BCUT2D eigenvalue weighted by Crippen LogP contribution is -2.33. The first-order chi connectivity index (χ1) is 14.1. The predicted octanol–water partition coefficient (Wildman–Crippen LogP) is 2.08. The molecule has 0 saturated carbocycles. The maximum Gasteiger partial charge on any atom is 0.254 e. The second-order valence-electron chi connectivity index (χ2n) is 7.17. The number of sulfonamides is 1. The molecule has 0 unspecified atom stereocenters. The molecule has 1 aromatic carbocycles. The summed E-state index contributed by atoms with van der Waals surface area (Å²) in [5.74, 6) is -0.195. The van der Waals surface area contributed by atoms with Crippen molar-refractivity contribution in [1.82, 2.24) is 19.6 Å². The molecule has 2 aromatic rings. The first kappa shape index (κ1) is 24.1. The van der Waals surface area contributed by atoms with E-state index in [2.05, 4.69) is 15.3 Å². The van der Waals surface area contributed by atoms with Crippen molar-refractivity contribution in [3.63, 3.8) is 0 Å². The van der Waals surface area contributed by atoms with E-state index >= 15 is 0 Å². The topological polar surface area (TPSA) is 112 Å². The van der Waals surface area contributed by atoms with Gasteiger partial charge in [0, 0.05) is 37.3 Å². The van der Waals surface area contributed by atoms with Crippen molar-refractivity contribution in [1.29, 1.82) is 0 Å². The second-order valence-corrected chi connectivity index (χ2v) is 9.97. The number of hydrogen-bond acceptors (Lipinski definition) is 6. The van der Waals surface area contributed by atoms with E-state index < -0.39 is 10.0 Å². The van der Waals surface area contributed by atoms with Gasteiger partial charge in [0.1, 0.15) is 0 Å². The zero-order valence-corrected chi connectivity index (χ0v) is 19.5. The molecule has 10 heteroatoms. The highest BCUT2D eigenvalue weighted by Gasteiger charge is 2.22. The van der Waals surface area contributed by atoms with Gasteiger partial charge in [-0.15, -0.1) is 0 Å². The first-order valence-corrected chi connectivity index (χ1v) is 12.2. The largest absolute Gasteiger partial charge is 0.352 e. The molecule has 0 fully saturated rings. The Morgan fingerprint density at radius 3 is 2.43 bits per heavy atom. The summed E-state index contributed by atoms with van der Waals surface area (Å²) in [5.41, 5.74) is 1.70. The molecule has 0 saturated heterocycles. The summed E-state index contributed by atoms with van der Waals surface area (Å²) in [5, 5.41) is 3.35. The van der Waals surface area contributed by atoms with E-state index in [4.69, 9.17) is 0 Å². The molecule has 0 aliphatic carbocycles. The Kier molecular flexibility index (Phi) is 8.22. The summed E-state index contributed by atoms with van der Waals surface area (Å²) >= 11 is 1.35. The van der Waals surface area contributed by atoms with Crippen LogP contribution in [0.5, 0.6) is 0 Å². The molecule has 0 spiro atoms. The number of aromatic amines is 1. The highest BCUT2D eigenvalue weighted by molar-refractivity contribution is 7.98. The van der Waals surface area contributed by atoms with Crippen LogP contribution in [0.3, 0.4) is 0 Å². The monoisotopic (exact) mass is 452 g/mol. The summed E-state index contributed by atoms with van der Waals surface area (Å²) < 4.78 is 26.3. The molecule has 0 aliphatic heterocycles. The maximum atomic E-state index is 12.5. The molecule has 2 N–H and O–H groups in total. The highest BCUT2D eigenvalue weighted by atomic mass is 32.2. The highest BCUT2D eigenvalue weighted by Crippen LogP contribution is 2.17. The van der Waals surface area contributed by atoms with E-state index in [9.17, 15) is 18.0 Å². The van der Waals surface area contributed by atoms with Crippen molar-refractivity contribution in [3.05, 3.63) is 51.4 Å². The van der Waals surface area contributed by atoms with Gasteiger partial charge < -0.3 is 10.3 Å². The predicted molar refractivity (Wildman–Crippen MR) is 118 cm³/mol. The van der Waals surface area contributed by atoms with Crippen LogP contribution in [-0.2, 0) is 27.8 Å². The average Bonchev–Trinajstić information content (AvgIpc) is 2.70. The molecule has 0 atom stereocenters. The van der Waals surface area contributed by atoms with Crippen LogP contribution in [0.1, 0.15) is 37.1 Å². The molecule has 164 valence electrons. The second kappa shape index (κ2) is 10.2. The Morgan fingerprint density at radius 1 is 1.27 bits per heavy atom. The molecule has 30 heavy (non-hydrogen) atoms. The molecule has 1 aromatic heterocycles. The smallest absolute Gasteiger partial charge is 0.254 e. The van der Waals surface area contributed by atoms with Gasteiger partial charge in [-0.2, -0.15) is 4.31 Å². The molecule has 0 bridgehead atoms. The van der Waals surface area contributed by atoms with E-state index in [0.717, 1.165) is 5.56 Å². The van der Waals surface area contributed by atoms with Crippen molar-refractivity contribution in [2.45, 2.75) is 56.3 Å². The zero-order valence-electron chi connectivity index (χ0n) is 17.9. The van der Waals surface area contributed by atoms with Gasteiger partial charge in [0.25, 0.3) is 5.56 Å². The van der Waals surface area contributed by atoms with Gasteiger partial charge in [-0.1, -0.05) is 23.9 Å². The first-order valence-electron chi connectivity index (χ1n) is 9.53. The number of nitrogens with one attached hydrogen (secondary N) is 2. The Balaban J connectivity index is 1.94. The number of rotatable bonds is 9. The SMILES string of the molecule is CSc1nc(C)c(CCC(=O)NCc2ccc(S(=O)(=O)N(C)C(C)C)cc2)c(=O)[nH]1. The molecule has 1 heterocycles. The molecule has 0 aliphatic rings. The lowest BCUT2D eigenvalue weighted by molar-refractivity contribution is -0.121. The minimum absolute atomic E-state index is 0.142. The number of benzene rings is 1. The number of H-pyrrole nitrogens is 1. The third-order valence-corrected chi connectivity index (χ3v) is 7.44. The minimum atomic E-state index is -3.53. The molecular weight excluding hydrogens is 424 g/mol. The Morgan fingerprint density at radius 2 is 1.90 bits per heavy atom. The lowest BCUT2D eigenvalue weighted by Gasteiger charge is -2.21. The molecular formula is C20H28N4O4S2. The van der Waals surface area contributed by atoms with Crippen LogP contribution in [0.4, 0.5) is 0 Å². The van der Waals surface area contributed by atoms with Crippen molar-refractivity contribution in [2.24, 2.45) is 0 Å². The van der Waals surface area contributed by atoms with Gasteiger partial charge in [-0.3, -0.25) is 9.59 Å². The fourth-order valence-corrected chi connectivity index (χ4v) is 4.52. The fraction of sp³-hybridized carbons (Fsp3) is 0.450. The van der Waals surface area contributed by atoms with Crippen LogP contribution in [-0.4, -0.2) is 47.9 Å². The summed E-state index contributed by atoms with van der Waals surface area (Å²) in [4.78, 5) is 31.5. The van der Waals surface area contributed by atoms with Gasteiger partial charge in [0.05, 0.1) is 4.90 Å². The van der Waals surface area contributed by atoms with Crippen LogP contribution in [0.25, 0.3) is 0 Å². The number of aryl methyl sites for hydroxylation is 1. The number of aromatic nitrogens is 2. The third kappa shape index (κ3) is 5.93. The minimum Gasteiger partial charge on any atom is -0.352 e. The Bertz CT molecular complexity index is 1050. The Labute approximate surface area is 181 Å². The zero-order chi connectivity index (χ0) is 22.5. The van der Waals surface area contributed by atoms with Crippen molar-refractivity contribution >= 4 is 27.7 Å². The van der Waals surface area contributed by atoms with Crippen LogP contribution in [0.2, 0.25) is 0 Å². The maximum absolute atomic E-state index is 12.5. The van der Waals surface area contributed by atoms with E-state index in [1.807, 2.05) is 20.1 Å². The van der Waals surface area contributed by atoms with Crippen molar-refractivity contribution in [3.8, 4) is 0 Å². The molecule has 0 radical (unpaired) electrons. The lowest BCUT2D eigenvalue weighted by atomic mass is 10.1. The van der Waals surface area contributed by atoms with E-state index in [1.54, 1.807) is 26.1 Å². The van der Waals surface area contributed by atoms with E-state index in [-0.39, 0.29) is 35.4 Å². The molecule has 2 rings (SSSR count). The number of nitrogens with zero attached hydrogens (tertiary/aromatic N) is 2. The Hall–Kier alpha value is -2.17.